The quantitative estimate of drug-likeness (QED) is 0.759. The van der Waals surface area contributed by atoms with Crippen LogP contribution in [0.5, 0.6) is 0 Å². The lowest BCUT2D eigenvalue weighted by Gasteiger charge is -2.36. The molecule has 15 heavy (non-hydrogen) atoms. The minimum atomic E-state index is -0.560. The van der Waals surface area contributed by atoms with E-state index in [1.807, 2.05) is 6.92 Å². The molecule has 1 aromatic carbocycles. The molecule has 1 aromatic rings. The van der Waals surface area contributed by atoms with Gasteiger partial charge in [-0.1, -0.05) is 22.0 Å². The average molecular weight is 268 g/mol. The maximum atomic E-state index is 13.8. The standard InChI is InChI=1S/C12H11BrFN/c1-8-5-9(11(14)6-10(8)13)12(7-15)3-2-4-12/h5-6H,2-4H2,1H3. The molecule has 0 bridgehead atoms. The second kappa shape index (κ2) is 3.61. The van der Waals surface area contributed by atoms with Gasteiger partial charge in [-0.2, -0.15) is 5.26 Å². The lowest BCUT2D eigenvalue weighted by molar-refractivity contribution is 0.313. The van der Waals surface area contributed by atoms with Gasteiger partial charge in [0.25, 0.3) is 0 Å². The van der Waals surface area contributed by atoms with Crippen molar-refractivity contribution in [1.82, 2.24) is 0 Å². The highest BCUT2D eigenvalue weighted by Crippen LogP contribution is 2.44. The molecule has 0 aliphatic heterocycles. The van der Waals surface area contributed by atoms with Gasteiger partial charge in [0.05, 0.1) is 11.5 Å². The number of halogens is 2. The van der Waals surface area contributed by atoms with Crippen LogP contribution in [0.4, 0.5) is 4.39 Å². The smallest absolute Gasteiger partial charge is 0.129 e. The van der Waals surface area contributed by atoms with Crippen molar-refractivity contribution >= 4 is 15.9 Å². The van der Waals surface area contributed by atoms with Gasteiger partial charge in [0.1, 0.15) is 5.82 Å². The summed E-state index contributed by atoms with van der Waals surface area (Å²) in [5, 5.41) is 9.15. The van der Waals surface area contributed by atoms with Crippen molar-refractivity contribution in [2.24, 2.45) is 0 Å². The summed E-state index contributed by atoms with van der Waals surface area (Å²) in [6, 6.07) is 5.52. The fourth-order valence-electron chi connectivity index (χ4n) is 2.00. The van der Waals surface area contributed by atoms with E-state index >= 15 is 0 Å². The first-order valence-electron chi connectivity index (χ1n) is 4.96. The van der Waals surface area contributed by atoms with Gasteiger partial charge in [-0.3, -0.25) is 0 Å². The van der Waals surface area contributed by atoms with Crippen LogP contribution in [0, 0.1) is 24.1 Å². The Hall–Kier alpha value is -0.880. The second-order valence-corrected chi connectivity index (χ2v) is 4.98. The maximum absolute atomic E-state index is 13.8. The van der Waals surface area contributed by atoms with Crippen LogP contribution >= 0.6 is 15.9 Å². The Morgan fingerprint density at radius 1 is 1.47 bits per heavy atom. The van der Waals surface area contributed by atoms with E-state index in [9.17, 15) is 4.39 Å². The third kappa shape index (κ3) is 1.57. The molecular weight excluding hydrogens is 257 g/mol. The van der Waals surface area contributed by atoms with Crippen molar-refractivity contribution in [2.45, 2.75) is 31.6 Å². The molecule has 2 rings (SSSR count). The summed E-state index contributed by atoms with van der Waals surface area (Å²) in [6.45, 7) is 1.91. The van der Waals surface area contributed by atoms with Crippen molar-refractivity contribution in [2.75, 3.05) is 0 Å². The molecular formula is C12H11BrFN. The Bertz CT molecular complexity index is 444. The van der Waals surface area contributed by atoms with E-state index in [-0.39, 0.29) is 5.82 Å². The fraction of sp³-hybridized carbons (Fsp3) is 0.417. The van der Waals surface area contributed by atoms with Gasteiger partial charge in [-0.15, -0.1) is 0 Å². The molecule has 1 aliphatic carbocycles. The molecule has 0 saturated heterocycles. The van der Waals surface area contributed by atoms with Gasteiger partial charge in [0, 0.05) is 10.0 Å². The van der Waals surface area contributed by atoms with Gasteiger partial charge in [-0.25, -0.2) is 4.39 Å². The first-order valence-corrected chi connectivity index (χ1v) is 5.76. The van der Waals surface area contributed by atoms with Crippen LogP contribution in [-0.2, 0) is 5.41 Å². The van der Waals surface area contributed by atoms with E-state index in [1.54, 1.807) is 6.07 Å². The Labute approximate surface area is 97.0 Å². The molecule has 1 fully saturated rings. The van der Waals surface area contributed by atoms with Gasteiger partial charge < -0.3 is 0 Å². The highest BCUT2D eigenvalue weighted by atomic mass is 79.9. The van der Waals surface area contributed by atoms with E-state index in [0.717, 1.165) is 29.3 Å². The highest BCUT2D eigenvalue weighted by molar-refractivity contribution is 9.10. The Kier molecular flexibility index (Phi) is 2.56. The van der Waals surface area contributed by atoms with Crippen molar-refractivity contribution in [1.29, 1.82) is 5.26 Å². The number of nitrogens with zero attached hydrogens (tertiary/aromatic N) is 1. The van der Waals surface area contributed by atoms with Crippen molar-refractivity contribution < 1.29 is 4.39 Å². The predicted molar refractivity (Wildman–Crippen MR) is 60.0 cm³/mol. The van der Waals surface area contributed by atoms with Crippen LogP contribution in [-0.4, -0.2) is 0 Å². The zero-order valence-electron chi connectivity index (χ0n) is 8.48. The lowest BCUT2D eigenvalue weighted by atomic mass is 9.65. The molecule has 78 valence electrons. The van der Waals surface area contributed by atoms with Gasteiger partial charge in [0.2, 0.25) is 0 Å². The van der Waals surface area contributed by atoms with Crippen LogP contribution in [0.25, 0.3) is 0 Å². The molecule has 1 nitrogen and oxygen atoms in total. The average Bonchev–Trinajstić information content (AvgIpc) is 2.12. The molecule has 1 saturated carbocycles. The van der Waals surface area contributed by atoms with E-state index < -0.39 is 5.41 Å². The number of nitriles is 1. The molecule has 0 unspecified atom stereocenters. The molecule has 3 heteroatoms. The SMILES string of the molecule is Cc1cc(C2(C#N)CCC2)c(F)cc1Br. The summed E-state index contributed by atoms with van der Waals surface area (Å²) in [5.74, 6) is -0.270. The molecule has 1 aliphatic rings. The largest absolute Gasteiger partial charge is 0.207 e. The van der Waals surface area contributed by atoms with E-state index in [1.165, 1.54) is 6.07 Å². The van der Waals surface area contributed by atoms with Gasteiger partial charge in [-0.05, 0) is 37.8 Å². The minimum Gasteiger partial charge on any atom is -0.207 e. The molecule has 0 radical (unpaired) electrons. The molecule has 0 heterocycles. The summed E-state index contributed by atoms with van der Waals surface area (Å²) >= 11 is 3.29. The molecule has 0 amide bonds. The summed E-state index contributed by atoms with van der Waals surface area (Å²) in [5.41, 5.74) is 0.986. The van der Waals surface area contributed by atoms with Crippen molar-refractivity contribution in [3.63, 3.8) is 0 Å². The van der Waals surface area contributed by atoms with Crippen LogP contribution in [0.2, 0.25) is 0 Å². The number of rotatable bonds is 1. The molecule has 0 atom stereocenters. The summed E-state index contributed by atoms with van der Waals surface area (Å²) in [4.78, 5) is 0. The predicted octanol–water partition coefficient (Wildman–Crippen LogP) is 3.84. The number of hydrogen-bond acceptors (Lipinski definition) is 1. The highest BCUT2D eigenvalue weighted by Gasteiger charge is 2.41. The summed E-state index contributed by atoms with van der Waals surface area (Å²) in [6.07, 6.45) is 2.57. The van der Waals surface area contributed by atoms with Crippen LogP contribution < -0.4 is 0 Å². The van der Waals surface area contributed by atoms with Crippen molar-refractivity contribution in [3.8, 4) is 6.07 Å². The monoisotopic (exact) mass is 267 g/mol. The van der Waals surface area contributed by atoms with Crippen molar-refractivity contribution in [3.05, 3.63) is 33.5 Å². The Morgan fingerprint density at radius 2 is 2.13 bits per heavy atom. The maximum Gasteiger partial charge on any atom is 0.129 e. The lowest BCUT2D eigenvalue weighted by Crippen LogP contribution is -2.33. The fourth-order valence-corrected chi connectivity index (χ4v) is 2.31. The third-order valence-corrected chi connectivity index (χ3v) is 4.04. The second-order valence-electron chi connectivity index (χ2n) is 4.13. The zero-order valence-corrected chi connectivity index (χ0v) is 10.1. The van der Waals surface area contributed by atoms with Gasteiger partial charge in [0.15, 0.2) is 0 Å². The first kappa shape index (κ1) is 10.6. The topological polar surface area (TPSA) is 23.8 Å². The van der Waals surface area contributed by atoms with Gasteiger partial charge >= 0.3 is 0 Å². The third-order valence-electron chi connectivity index (χ3n) is 3.19. The normalized spacial score (nSPS) is 18.0. The van der Waals surface area contributed by atoms with Crippen LogP contribution in [0.1, 0.15) is 30.4 Å². The minimum absolute atomic E-state index is 0.270. The Balaban J connectivity index is 2.54. The van der Waals surface area contributed by atoms with E-state index in [2.05, 4.69) is 22.0 Å². The number of benzene rings is 1. The summed E-state index contributed by atoms with van der Waals surface area (Å²) < 4.78 is 14.5. The first-order chi connectivity index (χ1) is 7.09. The molecule has 0 spiro atoms. The van der Waals surface area contributed by atoms with E-state index in [0.29, 0.717) is 5.56 Å². The number of hydrogen-bond donors (Lipinski definition) is 0. The number of aryl methyl sites for hydroxylation is 1. The molecule has 0 aromatic heterocycles. The van der Waals surface area contributed by atoms with E-state index in [4.69, 9.17) is 5.26 Å². The van der Waals surface area contributed by atoms with Crippen LogP contribution in [0.15, 0.2) is 16.6 Å². The Morgan fingerprint density at radius 3 is 2.60 bits per heavy atom. The van der Waals surface area contributed by atoms with Crippen LogP contribution in [0.3, 0.4) is 0 Å². The molecule has 0 N–H and O–H groups in total. The summed E-state index contributed by atoms with van der Waals surface area (Å²) in [7, 11) is 0. The zero-order chi connectivity index (χ0) is 11.1.